The van der Waals surface area contributed by atoms with E-state index in [0.29, 0.717) is 58.7 Å². The molecule has 28 heavy (non-hydrogen) atoms. The number of aromatic amines is 1. The molecule has 2 aliphatic rings. The Labute approximate surface area is 169 Å². The summed E-state index contributed by atoms with van der Waals surface area (Å²) in [5.41, 5.74) is 1.09. The molecule has 1 aromatic carbocycles. The number of nitrogens with zero attached hydrogens (tertiary/aromatic N) is 2. The quantitative estimate of drug-likeness (QED) is 0.544. The number of nitrogens with one attached hydrogen (secondary N) is 1. The number of carbonyl (C=O) groups is 1. The van der Waals surface area contributed by atoms with Crippen molar-refractivity contribution in [3.05, 3.63) is 38.9 Å². The van der Waals surface area contributed by atoms with Gasteiger partial charge in [-0.3, -0.25) is 14.2 Å². The molecule has 0 aliphatic heterocycles. The summed E-state index contributed by atoms with van der Waals surface area (Å²) >= 11 is 5.37. The lowest BCUT2D eigenvalue weighted by Gasteiger charge is -2.28. The molecule has 7 heteroatoms. The van der Waals surface area contributed by atoms with E-state index < -0.39 is 0 Å². The number of rotatable bonds is 8. The van der Waals surface area contributed by atoms with Crippen LogP contribution in [0.25, 0.3) is 10.9 Å². The van der Waals surface area contributed by atoms with E-state index in [1.165, 1.54) is 25.7 Å². The van der Waals surface area contributed by atoms with Gasteiger partial charge in [0.05, 0.1) is 10.9 Å². The molecule has 4 rings (SSSR count). The van der Waals surface area contributed by atoms with Crippen LogP contribution < -0.4 is 5.56 Å². The Morgan fingerprint density at radius 2 is 2.00 bits per heavy atom. The van der Waals surface area contributed by atoms with Crippen molar-refractivity contribution in [2.45, 2.75) is 44.7 Å². The smallest absolute Gasteiger partial charge is 0.262 e. The van der Waals surface area contributed by atoms with Crippen LogP contribution in [0, 0.1) is 16.6 Å². The SMILES string of the molecule is COCCCn1c(=S)[nH]c2cc(C(=O)N(C)C(C3CC3)C3CC3)ccc2c1=O. The number of H-pyrrole nitrogens is 1. The van der Waals surface area contributed by atoms with E-state index in [1.807, 2.05) is 11.9 Å². The summed E-state index contributed by atoms with van der Waals surface area (Å²) in [5, 5.41) is 0.547. The van der Waals surface area contributed by atoms with Crippen molar-refractivity contribution >= 4 is 29.0 Å². The molecule has 6 nitrogen and oxygen atoms in total. The molecule has 0 spiro atoms. The van der Waals surface area contributed by atoms with E-state index in [4.69, 9.17) is 17.0 Å². The Morgan fingerprint density at radius 1 is 1.32 bits per heavy atom. The highest BCUT2D eigenvalue weighted by molar-refractivity contribution is 7.71. The minimum atomic E-state index is -0.129. The fourth-order valence-electron chi connectivity index (χ4n) is 4.19. The largest absolute Gasteiger partial charge is 0.385 e. The van der Waals surface area contributed by atoms with Crippen LogP contribution in [0.3, 0.4) is 0 Å². The van der Waals surface area contributed by atoms with Gasteiger partial charge in [0, 0.05) is 38.9 Å². The van der Waals surface area contributed by atoms with Crippen LogP contribution in [0.2, 0.25) is 0 Å². The monoisotopic (exact) mass is 401 g/mol. The summed E-state index contributed by atoms with van der Waals surface area (Å²) in [7, 11) is 3.56. The van der Waals surface area contributed by atoms with E-state index in [1.54, 1.807) is 29.9 Å². The maximum atomic E-state index is 13.1. The lowest BCUT2D eigenvalue weighted by atomic mass is 10.0. The van der Waals surface area contributed by atoms with Gasteiger partial charge < -0.3 is 14.6 Å². The van der Waals surface area contributed by atoms with Gasteiger partial charge in [-0.25, -0.2) is 0 Å². The molecule has 0 unspecified atom stereocenters. The van der Waals surface area contributed by atoms with E-state index in [0.717, 1.165) is 0 Å². The van der Waals surface area contributed by atoms with Crippen LogP contribution in [0.1, 0.15) is 42.5 Å². The van der Waals surface area contributed by atoms with Crippen molar-refractivity contribution in [1.29, 1.82) is 0 Å². The summed E-state index contributed by atoms with van der Waals surface area (Å²) in [6.07, 6.45) is 5.63. The van der Waals surface area contributed by atoms with Crippen molar-refractivity contribution in [3.63, 3.8) is 0 Å². The molecule has 0 bridgehead atoms. The number of ether oxygens (including phenoxy) is 1. The molecule has 1 aromatic heterocycles. The van der Waals surface area contributed by atoms with Gasteiger partial charge in [-0.2, -0.15) is 0 Å². The number of carbonyl (C=O) groups excluding carboxylic acids is 1. The predicted octanol–water partition coefficient (Wildman–Crippen LogP) is 3.36. The Bertz CT molecular complexity index is 992. The number of amides is 1. The minimum Gasteiger partial charge on any atom is -0.385 e. The molecular formula is C21H27N3O3S. The number of aromatic nitrogens is 2. The van der Waals surface area contributed by atoms with Crippen molar-refractivity contribution in [3.8, 4) is 0 Å². The molecule has 1 N–H and O–H groups in total. The first-order chi connectivity index (χ1) is 13.5. The van der Waals surface area contributed by atoms with Crippen molar-refractivity contribution in [1.82, 2.24) is 14.5 Å². The fourth-order valence-corrected chi connectivity index (χ4v) is 4.47. The Balaban J connectivity index is 1.62. The lowest BCUT2D eigenvalue weighted by molar-refractivity contribution is 0.0690. The van der Waals surface area contributed by atoms with Gasteiger partial charge in [0.2, 0.25) is 0 Å². The van der Waals surface area contributed by atoms with Crippen LogP contribution in [-0.2, 0) is 11.3 Å². The first-order valence-corrected chi connectivity index (χ1v) is 10.4. The topological polar surface area (TPSA) is 67.3 Å². The van der Waals surface area contributed by atoms with Crippen LogP contribution in [-0.4, -0.2) is 47.2 Å². The summed E-state index contributed by atoms with van der Waals surface area (Å²) in [5.74, 6) is 1.34. The van der Waals surface area contributed by atoms with E-state index in [-0.39, 0.29) is 11.5 Å². The highest BCUT2D eigenvalue weighted by Crippen LogP contribution is 2.47. The molecule has 1 heterocycles. The third kappa shape index (κ3) is 3.78. The highest BCUT2D eigenvalue weighted by Gasteiger charge is 2.45. The van der Waals surface area contributed by atoms with Crippen molar-refractivity contribution < 1.29 is 9.53 Å². The normalized spacial score (nSPS) is 16.7. The molecule has 2 aliphatic carbocycles. The maximum absolute atomic E-state index is 13.1. The van der Waals surface area contributed by atoms with Gasteiger partial charge in [-0.15, -0.1) is 0 Å². The van der Waals surface area contributed by atoms with Gasteiger partial charge in [0.25, 0.3) is 11.5 Å². The zero-order valence-corrected chi connectivity index (χ0v) is 17.3. The van der Waals surface area contributed by atoms with Crippen LogP contribution in [0.15, 0.2) is 23.0 Å². The Hall–Kier alpha value is -1.99. The van der Waals surface area contributed by atoms with Gasteiger partial charge >= 0.3 is 0 Å². The molecule has 0 saturated heterocycles. The molecule has 2 aromatic rings. The summed E-state index contributed by atoms with van der Waals surface area (Å²) in [4.78, 5) is 30.9. The minimum absolute atomic E-state index is 0.0225. The highest BCUT2D eigenvalue weighted by atomic mass is 32.1. The molecule has 150 valence electrons. The maximum Gasteiger partial charge on any atom is 0.262 e. The zero-order chi connectivity index (χ0) is 19.8. The second kappa shape index (κ2) is 7.79. The van der Waals surface area contributed by atoms with Crippen LogP contribution in [0.4, 0.5) is 0 Å². The zero-order valence-electron chi connectivity index (χ0n) is 16.4. The lowest BCUT2D eigenvalue weighted by Crippen LogP contribution is -2.40. The average molecular weight is 402 g/mol. The molecule has 0 atom stereocenters. The van der Waals surface area contributed by atoms with E-state index in [2.05, 4.69) is 4.98 Å². The Morgan fingerprint density at radius 3 is 2.61 bits per heavy atom. The first-order valence-electron chi connectivity index (χ1n) is 10.0. The van der Waals surface area contributed by atoms with Gasteiger partial charge in [0.1, 0.15) is 0 Å². The second-order valence-electron chi connectivity index (χ2n) is 8.08. The Kier molecular flexibility index (Phi) is 5.38. The fraction of sp³-hybridized carbons (Fsp3) is 0.571. The van der Waals surface area contributed by atoms with Gasteiger partial charge in [-0.1, -0.05) is 0 Å². The molecule has 0 radical (unpaired) electrons. The van der Waals surface area contributed by atoms with Crippen molar-refractivity contribution in [2.75, 3.05) is 20.8 Å². The molecule has 1 amide bonds. The third-order valence-electron chi connectivity index (χ3n) is 5.94. The standard InChI is InChI=1S/C21H27N3O3S/c1-23(18(13-4-5-13)14-6-7-14)19(25)15-8-9-16-17(12-15)22-21(28)24(20(16)26)10-3-11-27-2/h8-9,12-14,18H,3-7,10-11H2,1-2H3,(H,22,28). The number of fused-ring (bicyclic) bond motifs is 1. The summed E-state index contributed by atoms with van der Waals surface area (Å²) in [6, 6.07) is 5.62. The average Bonchev–Trinajstić information content (AvgIpc) is 3.58. The molecular weight excluding hydrogens is 374 g/mol. The van der Waals surface area contributed by atoms with Gasteiger partial charge in [-0.05, 0) is 74.4 Å². The number of hydrogen-bond acceptors (Lipinski definition) is 4. The summed E-state index contributed by atoms with van der Waals surface area (Å²) in [6.45, 7) is 1.08. The number of methoxy groups -OCH3 is 1. The molecule has 2 fully saturated rings. The van der Waals surface area contributed by atoms with Crippen LogP contribution in [0.5, 0.6) is 0 Å². The van der Waals surface area contributed by atoms with E-state index >= 15 is 0 Å². The van der Waals surface area contributed by atoms with Gasteiger partial charge in [0.15, 0.2) is 4.77 Å². The van der Waals surface area contributed by atoms with Crippen LogP contribution >= 0.6 is 12.2 Å². The summed E-state index contributed by atoms with van der Waals surface area (Å²) < 4.78 is 6.99. The molecule has 2 saturated carbocycles. The predicted molar refractivity (Wildman–Crippen MR) is 111 cm³/mol. The van der Waals surface area contributed by atoms with E-state index in [9.17, 15) is 9.59 Å². The first kappa shape index (κ1) is 19.3. The third-order valence-corrected chi connectivity index (χ3v) is 6.26. The number of hydrogen-bond donors (Lipinski definition) is 1. The number of benzene rings is 1. The second-order valence-corrected chi connectivity index (χ2v) is 8.46. The van der Waals surface area contributed by atoms with Crippen molar-refractivity contribution in [2.24, 2.45) is 11.8 Å².